The summed E-state index contributed by atoms with van der Waals surface area (Å²) in [6.45, 7) is 7.24. The molecule has 202 valence electrons. The lowest BCUT2D eigenvalue weighted by Crippen LogP contribution is -2.56. The standard InChI is InChI=1S/C34H42O4/c1-22-21-34(3)25(20-29(22)37-31(35)23-10-6-4-7-11-23)14-15-26-27-16-17-30(33(27,2)19-18-28(26)34)38-32(36)24-12-8-5-9-13-24/h4-13,22,25-30H,14-21H2,1-3H3/t22-,25-,26+,27+,28+,29-,30+,33+,34+/m1/s1. The predicted octanol–water partition coefficient (Wildman–Crippen LogP) is 7.73. The highest BCUT2D eigenvalue weighted by Gasteiger charge is 2.62. The maximum absolute atomic E-state index is 12.9. The molecule has 0 aromatic heterocycles. The zero-order valence-electron chi connectivity index (χ0n) is 23.1. The first-order valence-electron chi connectivity index (χ1n) is 14.8. The maximum Gasteiger partial charge on any atom is 0.338 e. The van der Waals surface area contributed by atoms with Gasteiger partial charge < -0.3 is 9.47 Å². The number of carbonyl (C=O) groups is 2. The molecule has 0 radical (unpaired) electrons. The Morgan fingerprint density at radius 2 is 1.34 bits per heavy atom. The molecule has 38 heavy (non-hydrogen) atoms. The summed E-state index contributed by atoms with van der Waals surface area (Å²) >= 11 is 0. The largest absolute Gasteiger partial charge is 0.458 e. The molecule has 0 spiro atoms. The van der Waals surface area contributed by atoms with Gasteiger partial charge in [0.15, 0.2) is 0 Å². The number of fused-ring (bicyclic) bond motifs is 5. The van der Waals surface area contributed by atoms with Crippen molar-refractivity contribution in [3.8, 4) is 0 Å². The highest BCUT2D eigenvalue weighted by molar-refractivity contribution is 5.90. The second kappa shape index (κ2) is 9.84. The fourth-order valence-corrected chi connectivity index (χ4v) is 9.44. The minimum Gasteiger partial charge on any atom is -0.458 e. The van der Waals surface area contributed by atoms with Crippen molar-refractivity contribution in [2.24, 2.45) is 40.4 Å². The molecule has 0 unspecified atom stereocenters. The third-order valence-corrected chi connectivity index (χ3v) is 11.4. The van der Waals surface area contributed by atoms with E-state index in [1.54, 1.807) is 0 Å². The summed E-state index contributed by atoms with van der Waals surface area (Å²) in [5, 5.41) is 0. The van der Waals surface area contributed by atoms with E-state index < -0.39 is 0 Å². The quantitative estimate of drug-likeness (QED) is 0.392. The summed E-state index contributed by atoms with van der Waals surface area (Å²) in [6.07, 6.45) is 9.08. The van der Waals surface area contributed by atoms with Crippen molar-refractivity contribution in [1.29, 1.82) is 0 Å². The summed E-state index contributed by atoms with van der Waals surface area (Å²) in [5.41, 5.74) is 1.66. The van der Waals surface area contributed by atoms with Crippen molar-refractivity contribution in [2.75, 3.05) is 0 Å². The second-order valence-corrected chi connectivity index (χ2v) is 13.3. The van der Waals surface area contributed by atoms with E-state index in [0.29, 0.717) is 40.7 Å². The first-order chi connectivity index (χ1) is 18.3. The van der Waals surface area contributed by atoms with E-state index in [1.165, 1.54) is 19.3 Å². The molecule has 4 heteroatoms. The highest BCUT2D eigenvalue weighted by Crippen LogP contribution is 2.67. The minimum atomic E-state index is -0.185. The number of esters is 2. The highest BCUT2D eigenvalue weighted by atomic mass is 16.5. The monoisotopic (exact) mass is 514 g/mol. The van der Waals surface area contributed by atoms with Crippen LogP contribution in [-0.4, -0.2) is 24.1 Å². The summed E-state index contributed by atoms with van der Waals surface area (Å²) in [5.74, 6) is 2.63. The Bertz CT molecular complexity index is 1160. The number of hydrogen-bond acceptors (Lipinski definition) is 4. The molecular weight excluding hydrogens is 472 g/mol. The van der Waals surface area contributed by atoms with Crippen molar-refractivity contribution in [2.45, 2.75) is 84.3 Å². The van der Waals surface area contributed by atoms with Gasteiger partial charge in [0, 0.05) is 5.41 Å². The van der Waals surface area contributed by atoms with Gasteiger partial charge in [-0.05, 0) is 111 Å². The average molecular weight is 515 g/mol. The van der Waals surface area contributed by atoms with Gasteiger partial charge in [0.2, 0.25) is 0 Å². The van der Waals surface area contributed by atoms with Crippen molar-refractivity contribution in [3.05, 3.63) is 71.8 Å². The SMILES string of the molecule is C[C@@H]1C[C@@]2(C)[C@H](CC[C@@H]3[C@@H]2CC[C@]2(C)[C@@H](OC(=O)c4ccccc4)CC[C@@H]32)C[C@H]1OC(=O)c1ccccc1. The third-order valence-electron chi connectivity index (χ3n) is 11.4. The van der Waals surface area contributed by atoms with Crippen molar-refractivity contribution in [3.63, 3.8) is 0 Å². The van der Waals surface area contributed by atoms with Gasteiger partial charge in [-0.2, -0.15) is 0 Å². The molecule has 0 aliphatic heterocycles. The van der Waals surface area contributed by atoms with Gasteiger partial charge in [-0.25, -0.2) is 9.59 Å². The Labute approximate surface area is 227 Å². The van der Waals surface area contributed by atoms with Crippen LogP contribution in [0.15, 0.2) is 60.7 Å². The minimum absolute atomic E-state index is 0.000512. The Morgan fingerprint density at radius 3 is 2.00 bits per heavy atom. The predicted molar refractivity (Wildman–Crippen MR) is 148 cm³/mol. The zero-order valence-corrected chi connectivity index (χ0v) is 23.1. The number of ether oxygens (including phenoxy) is 2. The van der Waals surface area contributed by atoms with E-state index in [4.69, 9.17) is 9.47 Å². The van der Waals surface area contributed by atoms with Crippen LogP contribution in [-0.2, 0) is 9.47 Å². The Kier molecular flexibility index (Phi) is 6.64. The Hall–Kier alpha value is -2.62. The van der Waals surface area contributed by atoms with Crippen LogP contribution in [0.2, 0.25) is 0 Å². The molecule has 6 rings (SSSR count). The normalized spacial score (nSPS) is 39.8. The van der Waals surface area contributed by atoms with Gasteiger partial charge in [0.25, 0.3) is 0 Å². The molecule has 0 N–H and O–H groups in total. The van der Waals surface area contributed by atoms with Gasteiger partial charge in [-0.3, -0.25) is 0 Å². The van der Waals surface area contributed by atoms with E-state index in [1.807, 2.05) is 60.7 Å². The first kappa shape index (κ1) is 25.6. The van der Waals surface area contributed by atoms with E-state index in [9.17, 15) is 9.59 Å². The molecule has 4 fully saturated rings. The first-order valence-corrected chi connectivity index (χ1v) is 14.8. The summed E-state index contributed by atoms with van der Waals surface area (Å²) in [4.78, 5) is 25.7. The molecule has 0 saturated heterocycles. The lowest BCUT2D eigenvalue weighted by atomic mass is 9.44. The van der Waals surface area contributed by atoms with E-state index in [-0.39, 0.29) is 35.0 Å². The number of hydrogen-bond donors (Lipinski definition) is 0. The van der Waals surface area contributed by atoms with Crippen LogP contribution in [0, 0.1) is 40.4 Å². The smallest absolute Gasteiger partial charge is 0.338 e. The van der Waals surface area contributed by atoms with Crippen LogP contribution in [0.25, 0.3) is 0 Å². The van der Waals surface area contributed by atoms with Crippen LogP contribution in [0.5, 0.6) is 0 Å². The molecule has 0 bridgehead atoms. The molecule has 0 heterocycles. The van der Waals surface area contributed by atoms with Crippen molar-refractivity contribution >= 4 is 11.9 Å². The van der Waals surface area contributed by atoms with Crippen molar-refractivity contribution in [1.82, 2.24) is 0 Å². The van der Waals surface area contributed by atoms with Crippen molar-refractivity contribution < 1.29 is 19.1 Å². The van der Waals surface area contributed by atoms with Gasteiger partial charge in [0.05, 0.1) is 11.1 Å². The molecule has 2 aromatic carbocycles. The van der Waals surface area contributed by atoms with Gasteiger partial charge in [0.1, 0.15) is 12.2 Å². The Balaban J connectivity index is 1.14. The zero-order chi connectivity index (χ0) is 26.5. The lowest BCUT2D eigenvalue weighted by molar-refractivity contribution is -0.147. The van der Waals surface area contributed by atoms with Gasteiger partial charge in [-0.1, -0.05) is 57.2 Å². The fourth-order valence-electron chi connectivity index (χ4n) is 9.44. The molecular formula is C34H42O4. The molecule has 4 nitrogen and oxygen atoms in total. The number of benzene rings is 2. The summed E-state index contributed by atoms with van der Waals surface area (Å²) in [6, 6.07) is 18.8. The van der Waals surface area contributed by atoms with Gasteiger partial charge >= 0.3 is 11.9 Å². The van der Waals surface area contributed by atoms with E-state index in [2.05, 4.69) is 20.8 Å². The van der Waals surface area contributed by atoms with E-state index in [0.717, 1.165) is 32.1 Å². The van der Waals surface area contributed by atoms with Crippen LogP contribution in [0.1, 0.15) is 92.9 Å². The molecule has 4 saturated carbocycles. The summed E-state index contributed by atoms with van der Waals surface area (Å²) < 4.78 is 12.3. The van der Waals surface area contributed by atoms with Crippen LogP contribution < -0.4 is 0 Å². The third kappa shape index (κ3) is 4.28. The van der Waals surface area contributed by atoms with Crippen LogP contribution in [0.4, 0.5) is 0 Å². The Morgan fingerprint density at radius 1 is 0.737 bits per heavy atom. The molecule has 4 aliphatic carbocycles. The average Bonchev–Trinajstić information content (AvgIpc) is 3.26. The lowest BCUT2D eigenvalue weighted by Gasteiger charge is -2.61. The molecule has 0 amide bonds. The maximum atomic E-state index is 12.9. The van der Waals surface area contributed by atoms with Crippen LogP contribution in [0.3, 0.4) is 0 Å². The number of carbonyl (C=O) groups excluding carboxylic acids is 2. The molecule has 4 aliphatic rings. The molecule has 9 atom stereocenters. The summed E-state index contributed by atoms with van der Waals surface area (Å²) in [7, 11) is 0. The second-order valence-electron chi connectivity index (χ2n) is 13.3. The van der Waals surface area contributed by atoms with E-state index >= 15 is 0 Å². The van der Waals surface area contributed by atoms with Gasteiger partial charge in [-0.15, -0.1) is 0 Å². The number of rotatable bonds is 4. The molecule has 2 aromatic rings. The topological polar surface area (TPSA) is 52.6 Å². The fraction of sp³-hybridized carbons (Fsp3) is 0.588. The van der Waals surface area contributed by atoms with Crippen LogP contribution >= 0.6 is 0 Å².